The molecule has 7 nitrogen and oxygen atoms in total. The summed E-state index contributed by atoms with van der Waals surface area (Å²) in [5.41, 5.74) is 8.59. The van der Waals surface area contributed by atoms with Crippen LogP contribution >= 0.6 is 0 Å². The maximum Gasteiger partial charge on any atom is 0.286 e. The van der Waals surface area contributed by atoms with Gasteiger partial charge in [0.1, 0.15) is 10.7 Å². The van der Waals surface area contributed by atoms with Crippen LogP contribution in [0.1, 0.15) is 0 Å². The molecule has 0 saturated heterocycles. The Balaban J connectivity index is 2.47. The molecule has 0 spiro atoms. The van der Waals surface area contributed by atoms with Crippen LogP contribution in [0.5, 0.6) is 0 Å². The fourth-order valence-electron chi connectivity index (χ4n) is 1.33. The van der Waals surface area contributed by atoms with Gasteiger partial charge in [0.15, 0.2) is 0 Å². The number of hydrogen-bond donors (Lipinski definition) is 1. The van der Waals surface area contributed by atoms with E-state index in [9.17, 15) is 8.42 Å². The number of para-hydroxylation sites is 1. The zero-order chi connectivity index (χ0) is 11.6. The second-order valence-electron chi connectivity index (χ2n) is 3.02. The molecule has 0 aromatic heterocycles. The van der Waals surface area contributed by atoms with Crippen molar-refractivity contribution in [3.8, 4) is 0 Å². The molecule has 0 atom stereocenters. The molecule has 82 valence electrons. The Kier molecular flexibility index (Phi) is 2.51. The Labute approximate surface area is 91.5 Å². The molecule has 0 aliphatic carbocycles. The number of sulfonamides is 1. The molecular weight excluding hydrogens is 230 g/mol. The number of amidine groups is 1. The lowest BCUT2D eigenvalue weighted by molar-refractivity contribution is 0.597. The summed E-state index contributed by atoms with van der Waals surface area (Å²) in [6, 6.07) is 6.41. The summed E-state index contributed by atoms with van der Waals surface area (Å²) in [6.07, 6.45) is 0. The van der Waals surface area contributed by atoms with E-state index >= 15 is 0 Å². The fraction of sp³-hybridized carbons (Fsp3) is 0.125. The Bertz CT molecular complexity index is 601. The number of benzene rings is 1. The highest BCUT2D eigenvalue weighted by Crippen LogP contribution is 2.26. The lowest BCUT2D eigenvalue weighted by atomic mass is 10.3. The minimum atomic E-state index is -3.68. The van der Waals surface area contributed by atoms with Gasteiger partial charge in [-0.1, -0.05) is 17.2 Å². The molecule has 1 N–H and O–H groups in total. The highest BCUT2D eigenvalue weighted by molar-refractivity contribution is 7.90. The summed E-state index contributed by atoms with van der Waals surface area (Å²) in [5, 5.41) is 6.05. The number of fused-ring (bicyclic) bond motifs is 1. The van der Waals surface area contributed by atoms with Crippen molar-refractivity contribution in [2.24, 2.45) is 9.51 Å². The van der Waals surface area contributed by atoms with E-state index in [0.717, 1.165) is 0 Å². The number of hydrogen-bond acceptors (Lipinski definition) is 4. The SMILES string of the molecule is [N-]=[N+]=NCC1=NS(=O)(=O)c2ccccc2N1. The second-order valence-corrected chi connectivity index (χ2v) is 4.60. The molecule has 1 aromatic rings. The molecule has 0 radical (unpaired) electrons. The van der Waals surface area contributed by atoms with Crippen molar-refractivity contribution in [1.82, 2.24) is 0 Å². The smallest absolute Gasteiger partial charge is 0.286 e. The van der Waals surface area contributed by atoms with Crippen LogP contribution < -0.4 is 5.32 Å². The first kappa shape index (κ1) is 10.5. The molecule has 0 fully saturated rings. The molecule has 8 heteroatoms. The maximum atomic E-state index is 11.7. The van der Waals surface area contributed by atoms with Crippen molar-refractivity contribution in [3.05, 3.63) is 34.7 Å². The van der Waals surface area contributed by atoms with E-state index in [1.165, 1.54) is 6.07 Å². The Morgan fingerprint density at radius 1 is 1.44 bits per heavy atom. The molecule has 1 heterocycles. The fourth-order valence-corrected chi connectivity index (χ4v) is 2.47. The summed E-state index contributed by atoms with van der Waals surface area (Å²) in [5.74, 6) is 0.122. The second kappa shape index (κ2) is 3.84. The monoisotopic (exact) mass is 237 g/mol. The van der Waals surface area contributed by atoms with Gasteiger partial charge < -0.3 is 5.32 Å². The third-order valence-corrected chi connectivity index (χ3v) is 3.33. The van der Waals surface area contributed by atoms with E-state index in [2.05, 4.69) is 19.7 Å². The van der Waals surface area contributed by atoms with Crippen molar-refractivity contribution in [3.63, 3.8) is 0 Å². The van der Waals surface area contributed by atoms with Gasteiger partial charge in [-0.3, -0.25) is 0 Å². The van der Waals surface area contributed by atoms with Crippen LogP contribution in [-0.2, 0) is 10.0 Å². The van der Waals surface area contributed by atoms with Crippen LogP contribution in [0.2, 0.25) is 0 Å². The average molecular weight is 237 g/mol. The van der Waals surface area contributed by atoms with Crippen molar-refractivity contribution < 1.29 is 8.42 Å². The topological polar surface area (TPSA) is 107 Å². The average Bonchev–Trinajstić information content (AvgIpc) is 2.25. The predicted molar refractivity (Wildman–Crippen MR) is 58.7 cm³/mol. The number of anilines is 1. The lowest BCUT2D eigenvalue weighted by Gasteiger charge is -2.16. The molecule has 0 unspecified atom stereocenters. The van der Waals surface area contributed by atoms with E-state index in [1.807, 2.05) is 0 Å². The van der Waals surface area contributed by atoms with Crippen LogP contribution in [0.15, 0.2) is 38.7 Å². The number of nitrogens with one attached hydrogen (secondary N) is 1. The Morgan fingerprint density at radius 3 is 2.94 bits per heavy atom. The van der Waals surface area contributed by atoms with Crippen molar-refractivity contribution >= 4 is 21.5 Å². The summed E-state index contributed by atoms with van der Waals surface area (Å²) >= 11 is 0. The quantitative estimate of drug-likeness (QED) is 0.478. The zero-order valence-electron chi connectivity index (χ0n) is 8.03. The standard InChI is InChI=1S/C8H7N5O2S/c9-13-10-5-8-11-6-3-1-2-4-7(6)16(14,15)12-8/h1-4H,5H2,(H,11,12). The van der Waals surface area contributed by atoms with Gasteiger partial charge >= 0.3 is 0 Å². The van der Waals surface area contributed by atoms with E-state index in [-0.39, 0.29) is 17.3 Å². The van der Waals surface area contributed by atoms with Gasteiger partial charge in [-0.05, 0) is 17.7 Å². The molecule has 1 aliphatic rings. The molecule has 2 rings (SSSR count). The van der Waals surface area contributed by atoms with Crippen LogP contribution in [-0.4, -0.2) is 20.8 Å². The lowest BCUT2D eigenvalue weighted by Crippen LogP contribution is -2.23. The maximum absolute atomic E-state index is 11.7. The van der Waals surface area contributed by atoms with Crippen molar-refractivity contribution in [2.75, 3.05) is 11.9 Å². The minimum absolute atomic E-state index is 0.121. The summed E-state index contributed by atoms with van der Waals surface area (Å²) in [7, 11) is -3.68. The minimum Gasteiger partial charge on any atom is -0.342 e. The van der Waals surface area contributed by atoms with Crippen LogP contribution in [0.4, 0.5) is 5.69 Å². The zero-order valence-corrected chi connectivity index (χ0v) is 8.85. The molecule has 1 aromatic carbocycles. The first-order valence-electron chi connectivity index (χ1n) is 4.34. The van der Waals surface area contributed by atoms with Crippen LogP contribution in [0.25, 0.3) is 10.4 Å². The normalized spacial score (nSPS) is 16.4. The largest absolute Gasteiger partial charge is 0.342 e. The van der Waals surface area contributed by atoms with Gasteiger partial charge in [0.2, 0.25) is 0 Å². The van der Waals surface area contributed by atoms with Gasteiger partial charge in [-0.15, -0.1) is 4.40 Å². The van der Waals surface area contributed by atoms with E-state index in [1.54, 1.807) is 18.2 Å². The Morgan fingerprint density at radius 2 is 2.19 bits per heavy atom. The number of rotatable bonds is 2. The van der Waals surface area contributed by atoms with Crippen LogP contribution in [0, 0.1) is 0 Å². The van der Waals surface area contributed by atoms with Gasteiger partial charge in [0.05, 0.1) is 12.2 Å². The predicted octanol–water partition coefficient (Wildman–Crippen LogP) is 1.51. The summed E-state index contributed by atoms with van der Waals surface area (Å²) in [6.45, 7) is -0.121. The molecular formula is C8H7N5O2S. The summed E-state index contributed by atoms with van der Waals surface area (Å²) < 4.78 is 26.9. The third-order valence-electron chi connectivity index (χ3n) is 1.96. The Hall–Kier alpha value is -2.05. The highest BCUT2D eigenvalue weighted by Gasteiger charge is 2.23. The van der Waals surface area contributed by atoms with Crippen molar-refractivity contribution in [2.45, 2.75) is 4.90 Å². The summed E-state index contributed by atoms with van der Waals surface area (Å²) in [4.78, 5) is 2.67. The number of azide groups is 1. The number of nitrogens with zero attached hydrogens (tertiary/aromatic N) is 4. The molecule has 0 amide bonds. The van der Waals surface area contributed by atoms with E-state index in [0.29, 0.717) is 5.69 Å². The van der Waals surface area contributed by atoms with Crippen LogP contribution in [0.3, 0.4) is 0 Å². The van der Waals surface area contributed by atoms with Crippen molar-refractivity contribution in [1.29, 1.82) is 0 Å². The van der Waals surface area contributed by atoms with Gasteiger partial charge in [0.25, 0.3) is 10.0 Å². The van der Waals surface area contributed by atoms with Gasteiger partial charge in [-0.25, -0.2) is 0 Å². The molecule has 0 saturated carbocycles. The highest BCUT2D eigenvalue weighted by atomic mass is 32.2. The first-order valence-corrected chi connectivity index (χ1v) is 5.78. The third kappa shape index (κ3) is 1.83. The molecule has 16 heavy (non-hydrogen) atoms. The van der Waals surface area contributed by atoms with E-state index in [4.69, 9.17) is 5.53 Å². The van der Waals surface area contributed by atoms with E-state index < -0.39 is 10.0 Å². The molecule has 1 aliphatic heterocycles. The van der Waals surface area contributed by atoms with Gasteiger partial charge in [0, 0.05) is 4.91 Å². The van der Waals surface area contributed by atoms with Gasteiger partial charge in [-0.2, -0.15) is 8.42 Å². The molecule has 0 bridgehead atoms. The first-order chi connectivity index (χ1) is 7.63.